The molecule has 3 aromatic rings. The van der Waals surface area contributed by atoms with Gasteiger partial charge in [0.2, 0.25) is 0 Å². The Morgan fingerprint density at radius 3 is 2.25 bits per heavy atom. The van der Waals surface area contributed by atoms with Crippen LogP contribution in [0.1, 0.15) is 54.1 Å². The van der Waals surface area contributed by atoms with Gasteiger partial charge >= 0.3 is 5.63 Å². The fraction of sp³-hybridized carbons (Fsp3) is 0.304. The van der Waals surface area contributed by atoms with Crippen LogP contribution in [0.15, 0.2) is 51.7 Å². The number of ether oxygens (including phenoxy) is 2. The van der Waals surface area contributed by atoms with Crippen molar-refractivity contribution in [1.82, 2.24) is 0 Å². The second-order valence-electron chi connectivity index (χ2n) is 6.65. The Morgan fingerprint density at radius 2 is 1.68 bits per heavy atom. The van der Waals surface area contributed by atoms with E-state index >= 15 is 0 Å². The van der Waals surface area contributed by atoms with Gasteiger partial charge in [-0.05, 0) is 30.4 Å². The predicted octanol–water partition coefficient (Wildman–Crippen LogP) is 4.94. The van der Waals surface area contributed by atoms with Gasteiger partial charge in [-0.1, -0.05) is 38.1 Å². The maximum Gasteiger partial charge on any atom is 0.347 e. The molecule has 3 rings (SSSR count). The lowest BCUT2D eigenvalue weighted by atomic mass is 9.92. The lowest BCUT2D eigenvalue weighted by Crippen LogP contribution is -2.15. The summed E-state index contributed by atoms with van der Waals surface area (Å²) in [4.78, 5) is 25.4. The van der Waals surface area contributed by atoms with Crippen LogP contribution < -0.4 is 15.1 Å². The van der Waals surface area contributed by atoms with Crippen molar-refractivity contribution in [2.75, 3.05) is 14.2 Å². The van der Waals surface area contributed by atoms with Crippen LogP contribution in [0.3, 0.4) is 0 Å². The highest BCUT2D eigenvalue weighted by atomic mass is 16.5. The van der Waals surface area contributed by atoms with E-state index in [-0.39, 0.29) is 11.3 Å². The number of methoxy groups -OCH3 is 2. The van der Waals surface area contributed by atoms with Gasteiger partial charge in [0.25, 0.3) is 0 Å². The van der Waals surface area contributed by atoms with Crippen LogP contribution >= 0.6 is 0 Å². The molecule has 0 amide bonds. The summed E-state index contributed by atoms with van der Waals surface area (Å²) < 4.78 is 15.9. The smallest absolute Gasteiger partial charge is 0.347 e. The predicted molar refractivity (Wildman–Crippen MR) is 109 cm³/mol. The van der Waals surface area contributed by atoms with Crippen LogP contribution in [0.5, 0.6) is 11.5 Å². The lowest BCUT2D eigenvalue weighted by molar-refractivity contribution is 0.103. The first-order valence-corrected chi connectivity index (χ1v) is 9.36. The molecule has 0 radical (unpaired) electrons. The van der Waals surface area contributed by atoms with Gasteiger partial charge in [-0.2, -0.15) is 0 Å². The van der Waals surface area contributed by atoms with E-state index in [0.717, 1.165) is 12.8 Å². The van der Waals surface area contributed by atoms with Crippen molar-refractivity contribution in [2.24, 2.45) is 0 Å². The number of ketones is 1. The second-order valence-corrected chi connectivity index (χ2v) is 6.65. The monoisotopic (exact) mass is 380 g/mol. The molecular formula is C23H24O5. The van der Waals surface area contributed by atoms with Gasteiger partial charge in [0, 0.05) is 17.7 Å². The van der Waals surface area contributed by atoms with Crippen LogP contribution in [-0.2, 0) is 0 Å². The van der Waals surface area contributed by atoms with Gasteiger partial charge in [-0.15, -0.1) is 0 Å². The SMILES string of the molecule is CCC(CC)c1ccc(C(=O)c2cc3c(OC)cc(OC)cc3oc2=O)cc1. The van der Waals surface area contributed by atoms with E-state index in [4.69, 9.17) is 13.9 Å². The highest BCUT2D eigenvalue weighted by molar-refractivity contribution is 6.10. The van der Waals surface area contributed by atoms with Gasteiger partial charge in [0.05, 0.1) is 19.6 Å². The third-order valence-electron chi connectivity index (χ3n) is 5.12. The summed E-state index contributed by atoms with van der Waals surface area (Å²) in [5.74, 6) is 1.07. The van der Waals surface area contributed by atoms with Crippen LogP contribution in [0.25, 0.3) is 11.0 Å². The Morgan fingerprint density at radius 1 is 1.00 bits per heavy atom. The highest BCUT2D eigenvalue weighted by Gasteiger charge is 2.19. The van der Waals surface area contributed by atoms with Crippen molar-refractivity contribution >= 4 is 16.8 Å². The Bertz CT molecular complexity index is 1040. The largest absolute Gasteiger partial charge is 0.496 e. The number of carbonyl (C=O) groups excluding carboxylic acids is 1. The number of carbonyl (C=O) groups is 1. The van der Waals surface area contributed by atoms with E-state index in [0.29, 0.717) is 33.9 Å². The van der Waals surface area contributed by atoms with Gasteiger partial charge < -0.3 is 13.9 Å². The van der Waals surface area contributed by atoms with Crippen LogP contribution in [0.4, 0.5) is 0 Å². The molecule has 28 heavy (non-hydrogen) atoms. The highest BCUT2D eigenvalue weighted by Crippen LogP contribution is 2.31. The summed E-state index contributed by atoms with van der Waals surface area (Å²) in [7, 11) is 3.03. The molecule has 0 unspecified atom stereocenters. The molecule has 146 valence electrons. The lowest BCUT2D eigenvalue weighted by Gasteiger charge is -2.13. The fourth-order valence-electron chi connectivity index (χ4n) is 3.43. The van der Waals surface area contributed by atoms with Crippen molar-refractivity contribution in [3.05, 3.63) is 69.6 Å². The molecule has 0 aliphatic heterocycles. The number of rotatable bonds is 7. The zero-order valence-corrected chi connectivity index (χ0v) is 16.6. The Hall–Kier alpha value is -3.08. The maximum absolute atomic E-state index is 12.9. The van der Waals surface area contributed by atoms with Gasteiger partial charge in [0.1, 0.15) is 22.6 Å². The third kappa shape index (κ3) is 3.65. The molecule has 1 aromatic heterocycles. The van der Waals surface area contributed by atoms with E-state index < -0.39 is 5.63 Å². The van der Waals surface area contributed by atoms with Crippen LogP contribution in [0, 0.1) is 0 Å². The number of benzene rings is 2. The zero-order valence-electron chi connectivity index (χ0n) is 16.6. The minimum absolute atomic E-state index is 0.0220. The molecule has 5 heteroatoms. The number of hydrogen-bond donors (Lipinski definition) is 0. The van der Waals surface area contributed by atoms with Crippen molar-refractivity contribution in [3.63, 3.8) is 0 Å². The zero-order chi connectivity index (χ0) is 20.3. The topological polar surface area (TPSA) is 65.7 Å². The van der Waals surface area contributed by atoms with Crippen molar-refractivity contribution < 1.29 is 18.7 Å². The average molecular weight is 380 g/mol. The van der Waals surface area contributed by atoms with Crippen LogP contribution in [-0.4, -0.2) is 20.0 Å². The van der Waals surface area contributed by atoms with Crippen molar-refractivity contribution in [2.45, 2.75) is 32.6 Å². The molecule has 0 saturated carbocycles. The molecule has 0 spiro atoms. The summed E-state index contributed by atoms with van der Waals surface area (Å²) in [5.41, 5.74) is 1.25. The summed E-state index contributed by atoms with van der Waals surface area (Å²) in [6.45, 7) is 4.30. The van der Waals surface area contributed by atoms with E-state index in [1.165, 1.54) is 25.8 Å². The Kier molecular flexibility index (Phi) is 5.83. The van der Waals surface area contributed by atoms with E-state index in [9.17, 15) is 9.59 Å². The van der Waals surface area contributed by atoms with Crippen molar-refractivity contribution in [3.8, 4) is 11.5 Å². The number of fused-ring (bicyclic) bond motifs is 1. The fourth-order valence-corrected chi connectivity index (χ4v) is 3.43. The second kappa shape index (κ2) is 8.30. The molecule has 0 N–H and O–H groups in total. The Labute approximate surface area is 163 Å². The minimum Gasteiger partial charge on any atom is -0.496 e. The molecule has 0 aliphatic rings. The van der Waals surface area contributed by atoms with Crippen molar-refractivity contribution in [1.29, 1.82) is 0 Å². The molecule has 0 fully saturated rings. The van der Waals surface area contributed by atoms with E-state index in [1.807, 2.05) is 12.1 Å². The molecule has 0 aliphatic carbocycles. The Balaban J connectivity index is 2.04. The first-order chi connectivity index (χ1) is 13.5. The summed E-state index contributed by atoms with van der Waals surface area (Å²) >= 11 is 0. The average Bonchev–Trinajstić information content (AvgIpc) is 2.73. The molecule has 0 saturated heterocycles. The molecule has 0 bridgehead atoms. The minimum atomic E-state index is -0.683. The van der Waals surface area contributed by atoms with Gasteiger partial charge in [-0.3, -0.25) is 4.79 Å². The molecule has 2 aromatic carbocycles. The van der Waals surface area contributed by atoms with Crippen LogP contribution in [0.2, 0.25) is 0 Å². The summed E-state index contributed by atoms with van der Waals surface area (Å²) in [6.07, 6.45) is 2.09. The van der Waals surface area contributed by atoms with Gasteiger partial charge in [0.15, 0.2) is 5.78 Å². The number of hydrogen-bond acceptors (Lipinski definition) is 5. The summed E-state index contributed by atoms with van der Waals surface area (Å²) in [6, 6.07) is 12.3. The molecule has 1 heterocycles. The van der Waals surface area contributed by atoms with Gasteiger partial charge in [-0.25, -0.2) is 4.79 Å². The summed E-state index contributed by atoms with van der Waals surface area (Å²) in [5, 5.41) is 0.542. The normalized spacial score (nSPS) is 11.0. The van der Waals surface area contributed by atoms with E-state index in [1.54, 1.807) is 24.3 Å². The first-order valence-electron chi connectivity index (χ1n) is 9.36. The third-order valence-corrected chi connectivity index (χ3v) is 5.12. The quantitative estimate of drug-likeness (QED) is 0.429. The molecule has 5 nitrogen and oxygen atoms in total. The standard InChI is InChI=1S/C23H24O5/c1-5-14(6-2)15-7-9-16(10-8-15)22(24)19-13-18-20(27-4)11-17(26-3)12-21(18)28-23(19)25/h7-14H,5-6H2,1-4H3. The maximum atomic E-state index is 12.9. The first kappa shape index (κ1) is 19.7. The molecular weight excluding hydrogens is 356 g/mol. The van der Waals surface area contributed by atoms with E-state index in [2.05, 4.69) is 13.8 Å². The molecule has 0 atom stereocenters.